The number of primary amides is 1. The van der Waals surface area contributed by atoms with Gasteiger partial charge in [-0.2, -0.15) is 10.4 Å². The topological polar surface area (TPSA) is 87.9 Å². The molecule has 6 nitrogen and oxygen atoms in total. The summed E-state index contributed by atoms with van der Waals surface area (Å²) in [4.78, 5) is 13.8. The largest absolute Gasteiger partial charge is 0.368 e. The molecule has 0 unspecified atom stereocenters. The Bertz CT molecular complexity index is 1050. The molecule has 1 aromatic heterocycles. The van der Waals surface area contributed by atoms with E-state index in [4.69, 9.17) is 5.73 Å². The molecule has 1 saturated heterocycles. The van der Waals surface area contributed by atoms with Crippen molar-refractivity contribution in [2.75, 3.05) is 6.54 Å². The second-order valence-electron chi connectivity index (χ2n) is 8.11. The molecule has 0 spiro atoms. The molecule has 158 valence electrons. The van der Waals surface area contributed by atoms with Crippen molar-refractivity contribution in [2.45, 2.75) is 44.3 Å². The van der Waals surface area contributed by atoms with Crippen LogP contribution in [0.15, 0.2) is 67.0 Å². The van der Waals surface area contributed by atoms with Crippen LogP contribution in [0.3, 0.4) is 0 Å². The summed E-state index contributed by atoms with van der Waals surface area (Å²) >= 11 is 0. The average Bonchev–Trinajstić information content (AvgIpc) is 3.27. The molecule has 4 rings (SSSR count). The minimum absolute atomic E-state index is 0.331. The van der Waals surface area contributed by atoms with Crippen LogP contribution in [0.1, 0.15) is 30.4 Å². The van der Waals surface area contributed by atoms with E-state index >= 15 is 0 Å². The Hall–Kier alpha value is -3.43. The van der Waals surface area contributed by atoms with Gasteiger partial charge in [-0.3, -0.25) is 14.4 Å². The highest BCUT2D eigenvalue weighted by Crippen LogP contribution is 2.23. The number of hydrogen-bond acceptors (Lipinski definition) is 4. The van der Waals surface area contributed by atoms with E-state index in [1.165, 1.54) is 5.56 Å². The SMILES string of the molecule is N#C[C@H](Cc1ccc(-c2cnn(Cc3ccccc3)c2)cc1)N1CCCC[C@H]1C(N)=O. The quantitative estimate of drug-likeness (QED) is 0.643. The first-order valence-electron chi connectivity index (χ1n) is 10.7. The number of benzene rings is 2. The maximum absolute atomic E-state index is 11.8. The average molecular weight is 414 g/mol. The Morgan fingerprint density at radius 3 is 2.58 bits per heavy atom. The number of piperidine rings is 1. The summed E-state index contributed by atoms with van der Waals surface area (Å²) in [5, 5.41) is 14.2. The number of hydrogen-bond donors (Lipinski definition) is 1. The van der Waals surface area contributed by atoms with E-state index < -0.39 is 0 Å². The molecular formula is C25H27N5O. The van der Waals surface area contributed by atoms with Gasteiger partial charge in [0.25, 0.3) is 0 Å². The van der Waals surface area contributed by atoms with E-state index in [-0.39, 0.29) is 18.0 Å². The van der Waals surface area contributed by atoms with Crippen LogP contribution in [0.2, 0.25) is 0 Å². The fraction of sp³-hybridized carbons (Fsp3) is 0.320. The Morgan fingerprint density at radius 1 is 1.10 bits per heavy atom. The van der Waals surface area contributed by atoms with Gasteiger partial charge in [-0.25, -0.2) is 0 Å². The summed E-state index contributed by atoms with van der Waals surface area (Å²) < 4.78 is 1.94. The highest BCUT2D eigenvalue weighted by atomic mass is 16.1. The fourth-order valence-corrected chi connectivity index (χ4v) is 4.30. The van der Waals surface area contributed by atoms with Gasteiger partial charge in [0.1, 0.15) is 6.04 Å². The molecule has 2 heterocycles. The number of nitrogens with two attached hydrogens (primary N) is 1. The molecule has 2 atom stereocenters. The predicted molar refractivity (Wildman–Crippen MR) is 120 cm³/mol. The van der Waals surface area contributed by atoms with Crippen molar-refractivity contribution in [2.24, 2.45) is 5.73 Å². The van der Waals surface area contributed by atoms with Gasteiger partial charge in [-0.1, -0.05) is 61.0 Å². The lowest BCUT2D eigenvalue weighted by Gasteiger charge is -2.36. The minimum Gasteiger partial charge on any atom is -0.368 e. The smallest absolute Gasteiger partial charge is 0.234 e. The Kier molecular flexibility index (Phi) is 6.44. The van der Waals surface area contributed by atoms with Crippen LogP contribution >= 0.6 is 0 Å². The van der Waals surface area contributed by atoms with Gasteiger partial charge in [0, 0.05) is 24.7 Å². The first-order valence-corrected chi connectivity index (χ1v) is 10.7. The first-order chi connectivity index (χ1) is 15.1. The van der Waals surface area contributed by atoms with Crippen molar-refractivity contribution >= 4 is 5.91 Å². The van der Waals surface area contributed by atoms with Gasteiger partial charge in [0.2, 0.25) is 5.91 Å². The van der Waals surface area contributed by atoms with Gasteiger partial charge >= 0.3 is 0 Å². The molecule has 0 radical (unpaired) electrons. The molecule has 1 aliphatic heterocycles. The summed E-state index contributed by atoms with van der Waals surface area (Å²) in [6.45, 7) is 1.48. The number of likely N-dealkylation sites (tertiary alicyclic amines) is 1. The highest BCUT2D eigenvalue weighted by Gasteiger charge is 2.32. The summed E-state index contributed by atoms with van der Waals surface area (Å²) in [5.41, 5.74) is 10.0. The standard InChI is InChI=1S/C25H27N5O/c26-15-23(30-13-5-4-8-24(30)25(27)31)14-19-9-11-21(12-10-19)22-16-28-29(18-22)17-20-6-2-1-3-7-20/h1-3,6-7,9-12,16,18,23-24H,4-5,8,13-14,17H2,(H2,27,31)/t23-,24-/m0/s1. The molecule has 6 heteroatoms. The maximum atomic E-state index is 11.8. The van der Waals surface area contributed by atoms with Crippen molar-refractivity contribution in [3.63, 3.8) is 0 Å². The van der Waals surface area contributed by atoms with Crippen molar-refractivity contribution in [1.82, 2.24) is 14.7 Å². The lowest BCUT2D eigenvalue weighted by Crippen LogP contribution is -2.52. The molecular weight excluding hydrogens is 386 g/mol. The number of amides is 1. The van der Waals surface area contributed by atoms with Gasteiger partial charge in [0.15, 0.2) is 0 Å². The molecule has 1 amide bonds. The zero-order valence-electron chi connectivity index (χ0n) is 17.5. The number of nitriles is 1. The number of aromatic nitrogens is 2. The molecule has 0 bridgehead atoms. The van der Waals surface area contributed by atoms with E-state index in [2.05, 4.69) is 47.6 Å². The molecule has 2 aromatic carbocycles. The Morgan fingerprint density at radius 2 is 1.87 bits per heavy atom. The Labute approximate surface area is 182 Å². The van der Waals surface area contributed by atoms with Crippen LogP contribution < -0.4 is 5.73 Å². The van der Waals surface area contributed by atoms with E-state index in [0.717, 1.165) is 49.0 Å². The van der Waals surface area contributed by atoms with E-state index in [1.54, 1.807) is 0 Å². The third-order valence-electron chi connectivity index (χ3n) is 5.96. The zero-order valence-corrected chi connectivity index (χ0v) is 17.5. The summed E-state index contributed by atoms with van der Waals surface area (Å²) in [6, 6.07) is 20.2. The fourth-order valence-electron chi connectivity index (χ4n) is 4.30. The maximum Gasteiger partial charge on any atom is 0.234 e. The van der Waals surface area contributed by atoms with Crippen molar-refractivity contribution in [1.29, 1.82) is 5.26 Å². The van der Waals surface area contributed by atoms with Crippen LogP contribution in [0.4, 0.5) is 0 Å². The molecule has 3 aromatic rings. The van der Waals surface area contributed by atoms with Crippen LogP contribution in [-0.4, -0.2) is 39.2 Å². The lowest BCUT2D eigenvalue weighted by atomic mass is 9.96. The third kappa shape index (κ3) is 5.01. The third-order valence-corrected chi connectivity index (χ3v) is 5.96. The van der Waals surface area contributed by atoms with Gasteiger partial charge in [0.05, 0.1) is 24.9 Å². The van der Waals surface area contributed by atoms with E-state index in [1.807, 2.05) is 40.2 Å². The minimum atomic E-state index is -0.350. The molecule has 2 N–H and O–H groups in total. The van der Waals surface area contributed by atoms with Crippen molar-refractivity contribution in [3.8, 4) is 17.2 Å². The second kappa shape index (κ2) is 9.59. The number of carbonyl (C=O) groups excluding carboxylic acids is 1. The van der Waals surface area contributed by atoms with Gasteiger partial charge in [-0.05, 0) is 29.5 Å². The zero-order chi connectivity index (χ0) is 21.6. The van der Waals surface area contributed by atoms with E-state index in [0.29, 0.717) is 6.42 Å². The lowest BCUT2D eigenvalue weighted by molar-refractivity contribution is -0.125. The summed E-state index contributed by atoms with van der Waals surface area (Å²) in [6.07, 6.45) is 7.21. The second-order valence-corrected chi connectivity index (χ2v) is 8.11. The number of rotatable bonds is 7. The molecule has 1 aliphatic rings. The molecule has 0 aliphatic carbocycles. The highest BCUT2D eigenvalue weighted by molar-refractivity contribution is 5.80. The van der Waals surface area contributed by atoms with Crippen LogP contribution in [0.25, 0.3) is 11.1 Å². The van der Waals surface area contributed by atoms with Crippen LogP contribution in [0, 0.1) is 11.3 Å². The van der Waals surface area contributed by atoms with E-state index in [9.17, 15) is 10.1 Å². The monoisotopic (exact) mass is 413 g/mol. The predicted octanol–water partition coefficient (Wildman–Crippen LogP) is 3.37. The van der Waals surface area contributed by atoms with Crippen molar-refractivity contribution < 1.29 is 4.79 Å². The summed E-state index contributed by atoms with van der Waals surface area (Å²) in [7, 11) is 0. The van der Waals surface area contributed by atoms with Crippen LogP contribution in [-0.2, 0) is 17.8 Å². The molecule has 31 heavy (non-hydrogen) atoms. The van der Waals surface area contributed by atoms with Gasteiger partial charge < -0.3 is 5.73 Å². The first kappa shape index (κ1) is 20.8. The van der Waals surface area contributed by atoms with Crippen LogP contribution in [0.5, 0.6) is 0 Å². The molecule has 1 fully saturated rings. The van der Waals surface area contributed by atoms with Gasteiger partial charge in [-0.15, -0.1) is 0 Å². The number of carbonyl (C=O) groups is 1. The number of nitrogens with zero attached hydrogens (tertiary/aromatic N) is 4. The molecule has 0 saturated carbocycles. The Balaban J connectivity index is 1.43. The van der Waals surface area contributed by atoms with Crippen molar-refractivity contribution in [3.05, 3.63) is 78.1 Å². The summed E-state index contributed by atoms with van der Waals surface area (Å²) in [5.74, 6) is -0.331. The normalized spacial score (nSPS) is 17.7.